The van der Waals surface area contributed by atoms with Crippen molar-refractivity contribution >= 4 is 37.5 Å². The molecular formula is C42H39NO6S. The Morgan fingerprint density at radius 3 is 1.72 bits per heavy atom. The topological polar surface area (TPSA) is 82.1 Å². The van der Waals surface area contributed by atoms with Gasteiger partial charge in [-0.25, -0.2) is 13.2 Å². The Morgan fingerprint density at radius 2 is 1.18 bits per heavy atom. The lowest BCUT2D eigenvalue weighted by Crippen LogP contribution is -2.25. The molecule has 0 atom stereocenters. The first kappa shape index (κ1) is 33.3. The zero-order valence-electron chi connectivity index (χ0n) is 29.0. The molecule has 7 nitrogen and oxygen atoms in total. The van der Waals surface area contributed by atoms with Crippen LogP contribution in [0.1, 0.15) is 46.5 Å². The molecule has 6 aromatic rings. The highest BCUT2D eigenvalue weighted by molar-refractivity contribution is 7.89. The second kappa shape index (κ2) is 12.9. The summed E-state index contributed by atoms with van der Waals surface area (Å²) in [6.45, 7) is 7.72. The number of esters is 1. The van der Waals surface area contributed by atoms with E-state index >= 15 is 0 Å². The lowest BCUT2D eigenvalue weighted by atomic mass is 9.80. The number of sulfonamides is 1. The van der Waals surface area contributed by atoms with Crippen LogP contribution in [0.5, 0.6) is 11.5 Å². The summed E-state index contributed by atoms with van der Waals surface area (Å²) >= 11 is 0. The van der Waals surface area contributed by atoms with Gasteiger partial charge in [-0.1, -0.05) is 78.4 Å². The normalized spacial score (nSPS) is 13.2. The van der Waals surface area contributed by atoms with Crippen molar-refractivity contribution in [1.29, 1.82) is 0 Å². The lowest BCUT2D eigenvalue weighted by Gasteiger charge is -2.25. The minimum Gasteiger partial charge on any atom is -0.496 e. The maximum atomic E-state index is 14.8. The molecule has 254 valence electrons. The Labute approximate surface area is 293 Å². The Bertz CT molecular complexity index is 2420. The molecule has 50 heavy (non-hydrogen) atoms. The summed E-state index contributed by atoms with van der Waals surface area (Å²) < 4.78 is 48.2. The van der Waals surface area contributed by atoms with Crippen molar-refractivity contribution in [3.8, 4) is 33.8 Å². The molecule has 0 aliphatic carbocycles. The van der Waals surface area contributed by atoms with Gasteiger partial charge in [0.05, 0.1) is 30.8 Å². The molecule has 0 unspecified atom stereocenters. The largest absolute Gasteiger partial charge is 0.496 e. The molecule has 0 bridgehead atoms. The molecule has 7 rings (SSSR count). The predicted octanol–water partition coefficient (Wildman–Crippen LogP) is 9.23. The summed E-state index contributed by atoms with van der Waals surface area (Å²) in [5.74, 6) is 0.632. The SMILES string of the molecule is COc1ccc2ccccc2c1-c1c(C)c2c(c(-c3c(OC)ccc4ccccc34)c1C(=O)OC(C)C)CN(S(=O)(=O)c1ccc(C)cc1)C2. The highest BCUT2D eigenvalue weighted by atomic mass is 32.2. The van der Waals surface area contributed by atoms with E-state index in [9.17, 15) is 13.2 Å². The number of fused-ring (bicyclic) bond motifs is 3. The van der Waals surface area contributed by atoms with Crippen molar-refractivity contribution in [2.75, 3.05) is 14.2 Å². The van der Waals surface area contributed by atoms with E-state index in [2.05, 4.69) is 0 Å². The molecule has 0 saturated carbocycles. The molecule has 0 fully saturated rings. The number of rotatable bonds is 8. The van der Waals surface area contributed by atoms with E-state index in [-0.39, 0.29) is 18.0 Å². The lowest BCUT2D eigenvalue weighted by molar-refractivity contribution is 0.0379. The molecular weight excluding hydrogens is 647 g/mol. The minimum atomic E-state index is -3.91. The van der Waals surface area contributed by atoms with Crippen molar-refractivity contribution in [2.24, 2.45) is 0 Å². The maximum Gasteiger partial charge on any atom is 0.339 e. The zero-order valence-corrected chi connectivity index (χ0v) is 29.9. The van der Waals surface area contributed by atoms with Gasteiger partial charge in [-0.05, 0) is 90.2 Å². The summed E-state index contributed by atoms with van der Waals surface area (Å²) in [5.41, 5.74) is 6.34. The van der Waals surface area contributed by atoms with E-state index in [1.54, 1.807) is 38.5 Å². The van der Waals surface area contributed by atoms with Crippen LogP contribution in [-0.4, -0.2) is 39.0 Å². The molecule has 0 N–H and O–H groups in total. The molecule has 0 radical (unpaired) electrons. The Balaban J connectivity index is 1.65. The third kappa shape index (κ3) is 5.49. The smallest absolute Gasteiger partial charge is 0.339 e. The monoisotopic (exact) mass is 685 g/mol. The molecule has 0 saturated heterocycles. The van der Waals surface area contributed by atoms with E-state index in [1.165, 1.54) is 4.31 Å². The van der Waals surface area contributed by atoms with Crippen molar-refractivity contribution in [3.05, 3.63) is 125 Å². The summed E-state index contributed by atoms with van der Waals surface area (Å²) in [4.78, 5) is 15.0. The van der Waals surface area contributed by atoms with Gasteiger partial charge in [-0.15, -0.1) is 0 Å². The number of nitrogens with zero attached hydrogens (tertiary/aromatic N) is 1. The second-order valence-corrected chi connectivity index (χ2v) is 14.9. The van der Waals surface area contributed by atoms with E-state index < -0.39 is 22.1 Å². The van der Waals surface area contributed by atoms with Crippen molar-refractivity contribution < 1.29 is 27.4 Å². The fourth-order valence-corrected chi connectivity index (χ4v) is 8.62. The molecule has 1 heterocycles. The molecule has 1 aliphatic heterocycles. The number of carbonyl (C=O) groups is 1. The van der Waals surface area contributed by atoms with Crippen LogP contribution in [0.2, 0.25) is 0 Å². The van der Waals surface area contributed by atoms with Gasteiger partial charge in [0, 0.05) is 35.3 Å². The number of ether oxygens (including phenoxy) is 3. The fourth-order valence-electron chi connectivity index (χ4n) is 7.24. The van der Waals surface area contributed by atoms with Crippen LogP contribution in [0.15, 0.2) is 102 Å². The standard InChI is InChI=1S/C42H39NO6S/c1-25(2)49-42(44)41-37(38-31-13-9-7-11-28(31)17-21-35(38)47-5)27(4)33-23-43(50(45,46)30-19-15-26(3)16-20-30)24-34(33)40(41)39-32-14-10-8-12-29(32)18-22-36(39)48-6/h7-22,25H,23-24H2,1-6H3. The summed E-state index contributed by atoms with van der Waals surface area (Å²) in [6, 6.07) is 30.6. The van der Waals surface area contributed by atoms with Crippen LogP contribution in [0.3, 0.4) is 0 Å². The Morgan fingerprint density at radius 1 is 0.660 bits per heavy atom. The Hall–Kier alpha value is -5.18. The van der Waals surface area contributed by atoms with Gasteiger partial charge in [0.25, 0.3) is 0 Å². The molecule has 6 aromatic carbocycles. The second-order valence-electron chi connectivity index (χ2n) is 13.0. The minimum absolute atomic E-state index is 0.0585. The third-order valence-electron chi connectivity index (χ3n) is 9.59. The van der Waals surface area contributed by atoms with Crippen molar-refractivity contribution in [3.63, 3.8) is 0 Å². The number of hydrogen-bond donors (Lipinski definition) is 0. The van der Waals surface area contributed by atoms with E-state index in [1.807, 2.05) is 100 Å². The van der Waals surface area contributed by atoms with Crippen LogP contribution in [0, 0.1) is 13.8 Å². The van der Waals surface area contributed by atoms with Gasteiger partial charge in [0.2, 0.25) is 10.0 Å². The van der Waals surface area contributed by atoms with E-state index in [4.69, 9.17) is 14.2 Å². The van der Waals surface area contributed by atoms with Gasteiger partial charge in [-0.2, -0.15) is 4.31 Å². The average Bonchev–Trinajstić information content (AvgIpc) is 3.58. The van der Waals surface area contributed by atoms with E-state index in [0.29, 0.717) is 33.8 Å². The number of aryl methyl sites for hydroxylation is 1. The van der Waals surface area contributed by atoms with Crippen LogP contribution in [0.4, 0.5) is 0 Å². The van der Waals surface area contributed by atoms with Gasteiger partial charge in [-0.3, -0.25) is 0 Å². The summed E-state index contributed by atoms with van der Waals surface area (Å²) in [6.07, 6.45) is -0.418. The summed E-state index contributed by atoms with van der Waals surface area (Å²) in [7, 11) is -0.687. The number of benzene rings is 6. The molecule has 8 heteroatoms. The van der Waals surface area contributed by atoms with Gasteiger partial charge in [0.15, 0.2) is 0 Å². The van der Waals surface area contributed by atoms with Crippen LogP contribution >= 0.6 is 0 Å². The maximum absolute atomic E-state index is 14.8. The molecule has 1 aliphatic rings. The van der Waals surface area contributed by atoms with Crippen LogP contribution < -0.4 is 9.47 Å². The van der Waals surface area contributed by atoms with Crippen LogP contribution in [-0.2, 0) is 27.8 Å². The molecule has 0 spiro atoms. The van der Waals surface area contributed by atoms with Crippen molar-refractivity contribution in [2.45, 2.75) is 51.8 Å². The van der Waals surface area contributed by atoms with Crippen molar-refractivity contribution in [1.82, 2.24) is 4.31 Å². The number of hydrogen-bond acceptors (Lipinski definition) is 6. The van der Waals surface area contributed by atoms with E-state index in [0.717, 1.165) is 49.4 Å². The van der Waals surface area contributed by atoms with Crippen LogP contribution in [0.25, 0.3) is 43.8 Å². The molecule has 0 aromatic heterocycles. The highest BCUT2D eigenvalue weighted by Gasteiger charge is 2.39. The first-order valence-electron chi connectivity index (χ1n) is 16.6. The zero-order chi connectivity index (χ0) is 35.3. The molecule has 0 amide bonds. The summed E-state index contributed by atoms with van der Waals surface area (Å²) in [5, 5.41) is 3.69. The van der Waals surface area contributed by atoms with Gasteiger partial charge < -0.3 is 14.2 Å². The first-order valence-corrected chi connectivity index (χ1v) is 18.1. The Kier molecular flexibility index (Phi) is 8.62. The van der Waals surface area contributed by atoms with Gasteiger partial charge in [0.1, 0.15) is 11.5 Å². The number of methoxy groups -OCH3 is 2. The average molecular weight is 686 g/mol. The first-order chi connectivity index (χ1) is 24.0. The third-order valence-corrected chi connectivity index (χ3v) is 11.4. The predicted molar refractivity (Wildman–Crippen MR) is 198 cm³/mol. The highest BCUT2D eigenvalue weighted by Crippen LogP contribution is 2.51. The quantitative estimate of drug-likeness (QED) is 0.149. The fraction of sp³-hybridized carbons (Fsp3) is 0.214. The number of carbonyl (C=O) groups excluding carboxylic acids is 1. The van der Waals surface area contributed by atoms with Gasteiger partial charge >= 0.3 is 5.97 Å².